The summed E-state index contributed by atoms with van der Waals surface area (Å²) in [6.07, 6.45) is 7.97. The number of hydrogen-bond acceptors (Lipinski definition) is 6. The van der Waals surface area contributed by atoms with E-state index in [1.54, 1.807) is 6.20 Å². The lowest BCUT2D eigenvalue weighted by molar-refractivity contribution is -0.138. The second-order valence-corrected chi connectivity index (χ2v) is 8.25. The van der Waals surface area contributed by atoms with Crippen molar-refractivity contribution in [2.45, 2.75) is 65.0 Å². The summed E-state index contributed by atoms with van der Waals surface area (Å²) in [5.41, 5.74) is 1.83. The molecule has 0 bridgehead atoms. The number of nitrogens with zero attached hydrogens (tertiary/aromatic N) is 5. The highest BCUT2D eigenvalue weighted by Crippen LogP contribution is 2.34. The van der Waals surface area contributed by atoms with Gasteiger partial charge in [-0.25, -0.2) is 9.67 Å². The Hall–Kier alpha value is -2.48. The monoisotopic (exact) mass is 414 g/mol. The van der Waals surface area contributed by atoms with Crippen molar-refractivity contribution in [1.82, 2.24) is 24.9 Å². The molecular weight excluding hydrogens is 380 g/mol. The maximum atomic E-state index is 13.0. The van der Waals surface area contributed by atoms with Crippen molar-refractivity contribution < 1.29 is 9.90 Å². The zero-order valence-corrected chi connectivity index (χ0v) is 18.3. The van der Waals surface area contributed by atoms with Gasteiger partial charge in [0.05, 0.1) is 12.2 Å². The lowest BCUT2D eigenvalue weighted by atomic mass is 9.85. The van der Waals surface area contributed by atoms with E-state index in [2.05, 4.69) is 20.6 Å². The molecule has 1 aliphatic rings. The van der Waals surface area contributed by atoms with E-state index in [4.69, 9.17) is 5.11 Å². The molecule has 1 fully saturated rings. The van der Waals surface area contributed by atoms with Gasteiger partial charge >= 0.3 is 0 Å². The van der Waals surface area contributed by atoms with Crippen molar-refractivity contribution in [3.8, 4) is 11.3 Å². The Bertz CT molecular complexity index is 813. The van der Waals surface area contributed by atoms with E-state index < -0.39 is 0 Å². The van der Waals surface area contributed by atoms with Gasteiger partial charge in [-0.05, 0) is 65.0 Å². The van der Waals surface area contributed by atoms with Crippen molar-refractivity contribution >= 4 is 11.7 Å². The Kier molecular flexibility index (Phi) is 7.79. The van der Waals surface area contributed by atoms with Gasteiger partial charge in [-0.2, -0.15) is 0 Å². The van der Waals surface area contributed by atoms with Gasteiger partial charge in [0.25, 0.3) is 0 Å². The van der Waals surface area contributed by atoms with Crippen LogP contribution in [0.25, 0.3) is 11.3 Å². The normalized spacial score (nSPS) is 19.1. The number of rotatable bonds is 9. The Morgan fingerprint density at radius 1 is 1.33 bits per heavy atom. The summed E-state index contributed by atoms with van der Waals surface area (Å²) >= 11 is 0. The first-order chi connectivity index (χ1) is 14.5. The number of aliphatic hydroxyl groups is 1. The third kappa shape index (κ3) is 5.36. The largest absolute Gasteiger partial charge is 0.396 e. The third-order valence-electron chi connectivity index (χ3n) is 5.81. The molecule has 8 heteroatoms. The highest BCUT2D eigenvalue weighted by molar-refractivity contribution is 5.79. The quantitative estimate of drug-likeness (QED) is 0.654. The average Bonchev–Trinajstić information content (AvgIpc) is 3.24. The van der Waals surface area contributed by atoms with Crippen LogP contribution in [-0.2, 0) is 4.79 Å². The van der Waals surface area contributed by atoms with Crippen LogP contribution in [-0.4, -0.2) is 61.6 Å². The number of carbonyl (C=O) groups excluding carboxylic acids is 1. The summed E-state index contributed by atoms with van der Waals surface area (Å²) < 4.78 is 1.95. The first kappa shape index (κ1) is 22.2. The fourth-order valence-electron chi connectivity index (χ4n) is 4.14. The summed E-state index contributed by atoms with van der Waals surface area (Å²) in [7, 11) is 0. The molecule has 8 nitrogen and oxygen atoms in total. The van der Waals surface area contributed by atoms with Gasteiger partial charge in [0.2, 0.25) is 5.91 Å². The molecule has 30 heavy (non-hydrogen) atoms. The molecule has 0 saturated heterocycles. The molecular formula is C22H34N6O2. The van der Waals surface area contributed by atoms with Crippen LogP contribution < -0.4 is 5.32 Å². The van der Waals surface area contributed by atoms with E-state index in [0.29, 0.717) is 13.0 Å². The standard InChI is InChI=1S/C22H34N6O2/c1-4-23-21-14-18(10-11-24-21)20-15-28(26-25-20)19-8-6-17(7-9-19)22(30)27(16(2)3)12-5-13-29/h10-11,14-17,19,29H,4-9,12-13H2,1-3H3,(H,23,24). The van der Waals surface area contributed by atoms with Gasteiger partial charge in [0, 0.05) is 43.4 Å². The molecule has 0 spiro atoms. The van der Waals surface area contributed by atoms with Crippen LogP contribution in [0.3, 0.4) is 0 Å². The highest BCUT2D eigenvalue weighted by atomic mass is 16.3. The van der Waals surface area contributed by atoms with Gasteiger partial charge < -0.3 is 15.3 Å². The average molecular weight is 415 g/mol. The van der Waals surface area contributed by atoms with Gasteiger partial charge in [-0.15, -0.1) is 5.10 Å². The molecule has 2 N–H and O–H groups in total. The molecule has 0 aliphatic heterocycles. The molecule has 0 radical (unpaired) electrons. The SMILES string of the molecule is CCNc1cc(-c2cn(C3CCC(C(=O)N(CCCO)C(C)C)CC3)nn2)ccn1. The molecule has 2 aromatic rings. The van der Waals surface area contributed by atoms with E-state index in [1.807, 2.05) is 48.7 Å². The molecule has 3 rings (SSSR count). The minimum atomic E-state index is 0.0632. The van der Waals surface area contributed by atoms with Crippen molar-refractivity contribution in [2.75, 3.05) is 25.0 Å². The number of amides is 1. The molecule has 1 amide bonds. The predicted octanol–water partition coefficient (Wildman–Crippen LogP) is 3.12. The minimum Gasteiger partial charge on any atom is -0.396 e. The van der Waals surface area contributed by atoms with Crippen LogP contribution in [0.15, 0.2) is 24.5 Å². The van der Waals surface area contributed by atoms with Crippen molar-refractivity contribution in [3.05, 3.63) is 24.5 Å². The predicted molar refractivity (Wildman–Crippen MR) is 117 cm³/mol. The topological polar surface area (TPSA) is 96.2 Å². The highest BCUT2D eigenvalue weighted by Gasteiger charge is 2.31. The summed E-state index contributed by atoms with van der Waals surface area (Å²) in [4.78, 5) is 19.2. The number of carbonyl (C=O) groups is 1. The molecule has 2 heterocycles. The Labute approximate surface area is 178 Å². The van der Waals surface area contributed by atoms with Crippen LogP contribution in [0.2, 0.25) is 0 Å². The number of aromatic nitrogens is 4. The molecule has 0 atom stereocenters. The van der Waals surface area contributed by atoms with Gasteiger partial charge in [0.1, 0.15) is 11.5 Å². The second-order valence-electron chi connectivity index (χ2n) is 8.25. The number of pyridine rings is 1. The molecule has 2 aromatic heterocycles. The number of anilines is 1. The molecule has 1 aliphatic carbocycles. The van der Waals surface area contributed by atoms with Crippen LogP contribution in [0, 0.1) is 5.92 Å². The van der Waals surface area contributed by atoms with E-state index in [1.165, 1.54) is 0 Å². The maximum absolute atomic E-state index is 13.0. The lowest BCUT2D eigenvalue weighted by Crippen LogP contribution is -2.42. The van der Waals surface area contributed by atoms with E-state index >= 15 is 0 Å². The summed E-state index contributed by atoms with van der Waals surface area (Å²) in [6.45, 7) is 7.68. The molecule has 1 saturated carbocycles. The van der Waals surface area contributed by atoms with Gasteiger partial charge in [-0.3, -0.25) is 4.79 Å². The lowest BCUT2D eigenvalue weighted by Gasteiger charge is -2.34. The fourth-order valence-corrected chi connectivity index (χ4v) is 4.14. The van der Waals surface area contributed by atoms with E-state index in [-0.39, 0.29) is 30.5 Å². The summed E-state index contributed by atoms with van der Waals surface area (Å²) in [6, 6.07) is 4.36. The van der Waals surface area contributed by atoms with Crippen LogP contribution in [0.1, 0.15) is 58.9 Å². The van der Waals surface area contributed by atoms with Crippen LogP contribution in [0.5, 0.6) is 0 Å². The fraction of sp³-hybridized carbons (Fsp3) is 0.636. The van der Waals surface area contributed by atoms with Crippen LogP contribution in [0.4, 0.5) is 5.82 Å². The first-order valence-electron chi connectivity index (χ1n) is 11.1. The second kappa shape index (κ2) is 10.5. The number of aliphatic hydroxyl groups excluding tert-OH is 1. The van der Waals surface area contributed by atoms with Gasteiger partial charge in [-0.1, -0.05) is 5.21 Å². The smallest absolute Gasteiger partial charge is 0.225 e. The molecule has 0 unspecified atom stereocenters. The Morgan fingerprint density at radius 2 is 2.10 bits per heavy atom. The van der Waals surface area contributed by atoms with Gasteiger partial charge in [0.15, 0.2) is 0 Å². The zero-order chi connectivity index (χ0) is 21.5. The van der Waals surface area contributed by atoms with E-state index in [9.17, 15) is 4.79 Å². The van der Waals surface area contributed by atoms with Crippen molar-refractivity contribution in [1.29, 1.82) is 0 Å². The Balaban J connectivity index is 1.60. The first-order valence-corrected chi connectivity index (χ1v) is 11.1. The summed E-state index contributed by atoms with van der Waals surface area (Å²) in [5, 5.41) is 21.1. The third-order valence-corrected chi connectivity index (χ3v) is 5.81. The van der Waals surface area contributed by atoms with Crippen molar-refractivity contribution in [2.24, 2.45) is 5.92 Å². The Morgan fingerprint density at radius 3 is 2.77 bits per heavy atom. The van der Waals surface area contributed by atoms with Crippen LogP contribution >= 0.6 is 0 Å². The summed E-state index contributed by atoms with van der Waals surface area (Å²) in [5.74, 6) is 1.12. The van der Waals surface area contributed by atoms with E-state index in [0.717, 1.165) is 49.3 Å². The number of nitrogens with one attached hydrogen (secondary N) is 1. The number of hydrogen-bond donors (Lipinski definition) is 2. The van der Waals surface area contributed by atoms with Crippen molar-refractivity contribution in [3.63, 3.8) is 0 Å². The zero-order valence-electron chi connectivity index (χ0n) is 18.3. The minimum absolute atomic E-state index is 0.0632. The molecule has 0 aromatic carbocycles. The maximum Gasteiger partial charge on any atom is 0.225 e. The molecule has 164 valence electrons.